The number of likely N-dealkylation sites (tertiary alicyclic amines) is 3. The van der Waals surface area contributed by atoms with Gasteiger partial charge in [0.2, 0.25) is 0 Å². The molecule has 14 N–H and O–H groups in total. The average Bonchev–Trinajstić information content (AvgIpc) is 1.08. The van der Waals surface area contributed by atoms with Gasteiger partial charge in [0.1, 0.15) is 77.4 Å². The number of aldehydes is 1. The minimum atomic E-state index is -3.33. The van der Waals surface area contributed by atoms with Gasteiger partial charge < -0.3 is 82.0 Å². The smallest absolute Gasteiger partial charge is 1.00 e. The molecule has 0 saturated carbocycles. The summed E-state index contributed by atoms with van der Waals surface area (Å²) in [6.45, 7) is 24.5. The number of aromatic amines is 3. The molecule has 7 aromatic rings. The number of benzene rings is 4. The van der Waals surface area contributed by atoms with Crippen molar-refractivity contribution in [3.8, 4) is 23.0 Å². The van der Waals surface area contributed by atoms with Crippen LogP contribution in [-0.4, -0.2) is 261 Å². The second kappa shape index (κ2) is 47.0. The van der Waals surface area contributed by atoms with E-state index in [0.29, 0.717) is 123 Å². The largest absolute Gasteiger partial charge is 1.00 e. The number of carbonyl (C=O) groups is 7. The van der Waals surface area contributed by atoms with Crippen LogP contribution in [0.5, 0.6) is 23.0 Å². The monoisotopic (exact) mass is 1800 g/mol. The van der Waals surface area contributed by atoms with E-state index in [1.54, 1.807) is 52.5 Å². The van der Waals surface area contributed by atoms with Gasteiger partial charge in [-0.3, -0.25) is 29.7 Å². The maximum absolute atomic E-state index is 14.2. The number of H-pyrrole nitrogens is 3. The van der Waals surface area contributed by atoms with Gasteiger partial charge in [-0.1, -0.05) is 29.8 Å². The number of nitrogens with one attached hydrogen (secondary N) is 5. The molecule has 4 aromatic carbocycles. The van der Waals surface area contributed by atoms with Crippen LogP contribution in [-0.2, 0) is 45.5 Å². The maximum Gasteiger partial charge on any atom is 1.00 e. The van der Waals surface area contributed by atoms with E-state index in [0.717, 1.165) is 50.4 Å². The Labute approximate surface area is 719 Å². The Morgan fingerprint density at radius 1 is 0.609 bits per heavy atom. The molecule has 3 aromatic heterocycles. The summed E-state index contributed by atoms with van der Waals surface area (Å²) < 4.78 is 91.8. The molecule has 621 valence electrons. The standard InChI is InChI=1S/C20H24ClFN4O4.C16H23FN2O3.C15H16BrFN4O2.C9H18N2O2.C7H5FO2.C4H3BrN2O2.B.Mg.Na.H2O4S.H/c1-20(2,3)30-19(29)26-9-12(10-26)8-25(18(28)16-7-17(21)24-23-16)11-13-4-5-14(27)6-15(13)22;1-16(2,3)22-15(21)19-9-11(10-19)7-18-8-12-4-5-13(20)6-14(12)17;16-14-4-13(19-20-14)15(23)21(7-9-5-18-6-9)8-10-1-2-11(22)3-12(10)17;1-9(2,3)13-8(12)11-5-7(4-10)6-11;8-7-3-6(10)2-1-5(7)4-9;5-3-1-2(4(8)9)6-7-3;;;;1-4-5(2)3;/h4-7,12,27H,8-11H2,1-3H3,(H,23,24);4-6,11,18,20H,7-10H2,1-3H3;1-4,9,18,22H,5-8H2,(H,19,20);7H,4-6,10H2,1-3H3;1-4,10H;1H,(H,6,7)(H,8,9);;;;1H,(H,2,3);/q;;;;;;;;+1;;-1. The van der Waals surface area contributed by atoms with Gasteiger partial charge in [-0.2, -0.15) is 15.3 Å². The van der Waals surface area contributed by atoms with Crippen molar-refractivity contribution in [2.24, 2.45) is 29.4 Å². The number of hydrogen-bond acceptors (Lipinski definition) is 23. The number of aromatic carboxylic acids is 1. The zero-order valence-electron chi connectivity index (χ0n) is 65.7. The first-order valence-electron chi connectivity index (χ1n) is 34.5. The van der Waals surface area contributed by atoms with Crippen LogP contribution in [0.3, 0.4) is 0 Å². The number of carboxylic acids is 1. The molecule has 3 radical (unpaired) electrons. The maximum atomic E-state index is 14.2. The van der Waals surface area contributed by atoms with Crippen LogP contribution in [0.25, 0.3) is 0 Å². The number of phenols is 4. The number of aromatic nitrogens is 6. The molecule has 0 aliphatic carbocycles. The number of nitrogens with zero attached hydrogens (tertiary/aromatic N) is 8. The SMILES string of the molecule is CC(C)(C)OC(=O)N1CC(CN(Cc2ccc(O)cc2F)C(=O)c2cc(Cl)[nH]n2)C1.CC(C)(C)OC(=O)N1CC(CN)C1.CC(C)(C)OC(=O)N1CC(CNCc2ccc(O)cc2F)C1.O=C(O)c1cc(Br)[nH]n1.O=C(c1cc(Br)[nH]n1)N(Cc1ccc(O)cc1F)CC1CNC1.O=Cc1ccc(O)cc1F.O=[S](O)(=[Mg])OO.[B].[H-].[Na+]. The van der Waals surface area contributed by atoms with Crippen LogP contribution in [0.1, 0.15) is 122 Å². The molecular weight excluding hydrogens is 1710 g/mol. The summed E-state index contributed by atoms with van der Waals surface area (Å²) in [6, 6.07) is 19.6. The summed E-state index contributed by atoms with van der Waals surface area (Å²) in [5, 5.41) is 77.7. The van der Waals surface area contributed by atoms with Gasteiger partial charge >= 0.3 is 99.3 Å². The fraction of sp³-hybridized carbons (Fsp3) is 0.437. The zero-order valence-corrected chi connectivity index (χ0v) is 72.8. The van der Waals surface area contributed by atoms with E-state index in [1.165, 1.54) is 59.5 Å². The molecule has 5 amide bonds. The molecular formula is C71H92BBr2ClF4MgN14NaO19S. The molecule has 44 heteroatoms. The van der Waals surface area contributed by atoms with E-state index in [-0.39, 0.29) is 133 Å². The predicted octanol–water partition coefficient (Wildman–Crippen LogP) is 6.78. The topological polar surface area (TPSA) is 467 Å². The van der Waals surface area contributed by atoms with Crippen LogP contribution in [0.2, 0.25) is 5.15 Å². The van der Waals surface area contributed by atoms with Crippen LogP contribution in [0.15, 0.2) is 100 Å². The Kier molecular flexibility index (Phi) is 41.5. The van der Waals surface area contributed by atoms with E-state index >= 15 is 0 Å². The molecule has 1 unspecified atom stereocenters. The zero-order chi connectivity index (χ0) is 84.5. The van der Waals surface area contributed by atoms with Crippen molar-refractivity contribution >= 4 is 121 Å². The van der Waals surface area contributed by atoms with E-state index in [9.17, 15) is 65.5 Å². The van der Waals surface area contributed by atoms with Crippen molar-refractivity contribution in [2.75, 3.05) is 78.5 Å². The Morgan fingerprint density at radius 2 is 0.965 bits per heavy atom. The van der Waals surface area contributed by atoms with Gasteiger partial charge in [-0.25, -0.2) is 36.7 Å². The molecule has 4 aliphatic rings. The summed E-state index contributed by atoms with van der Waals surface area (Å²) in [5.41, 5.74) is 5.48. The van der Waals surface area contributed by atoms with Gasteiger partial charge in [-0.15, -0.1) is 0 Å². The minimum absolute atomic E-state index is 0. The first kappa shape index (κ1) is 102. The van der Waals surface area contributed by atoms with Crippen molar-refractivity contribution in [3.63, 3.8) is 0 Å². The number of hydrogen-bond donors (Lipinski definition) is 13. The Balaban J connectivity index is 0.000000482. The van der Waals surface area contributed by atoms with Crippen LogP contribution >= 0.6 is 43.5 Å². The fourth-order valence-electron chi connectivity index (χ4n) is 10.1. The molecule has 7 heterocycles. The van der Waals surface area contributed by atoms with Gasteiger partial charge in [0.15, 0.2) is 23.4 Å². The van der Waals surface area contributed by atoms with Gasteiger partial charge in [-0.05, 0) is 131 Å². The Hall–Kier alpha value is -7.69. The first-order chi connectivity index (χ1) is 52.7. The number of aromatic hydroxyl groups is 4. The van der Waals surface area contributed by atoms with Crippen LogP contribution in [0.4, 0.5) is 31.9 Å². The molecule has 33 nitrogen and oxygen atoms in total. The van der Waals surface area contributed by atoms with E-state index in [4.69, 9.17) is 56.7 Å². The summed E-state index contributed by atoms with van der Waals surface area (Å²) in [7, 11) is -3.33. The third-order valence-corrected chi connectivity index (χ3v) is 17.2. The summed E-state index contributed by atoms with van der Waals surface area (Å²) in [6.07, 6.45) is -0.514. The Morgan fingerprint density at radius 3 is 1.28 bits per heavy atom. The molecule has 0 bridgehead atoms. The number of phenolic OH excluding ortho intramolecular Hbond substituents is 4. The molecule has 4 saturated heterocycles. The van der Waals surface area contributed by atoms with E-state index in [2.05, 4.69) is 77.4 Å². The number of carboxylic acid groups (broad SMARTS) is 1. The quantitative estimate of drug-likeness (QED) is 0.0105. The summed E-state index contributed by atoms with van der Waals surface area (Å²) >= 11 is 12.7. The summed E-state index contributed by atoms with van der Waals surface area (Å²) in [5.74, 6) is -3.37. The summed E-state index contributed by atoms with van der Waals surface area (Å²) in [4.78, 5) is 88.9. The number of halogens is 7. The minimum Gasteiger partial charge on any atom is -1.00 e. The number of nitrogens with two attached hydrogens (primary N) is 1. The van der Waals surface area contributed by atoms with E-state index < -0.39 is 65.4 Å². The van der Waals surface area contributed by atoms with Crippen molar-refractivity contribution < 1.29 is 140 Å². The molecule has 4 aliphatic heterocycles. The second-order valence-corrected chi connectivity index (χ2v) is 34.5. The van der Waals surface area contributed by atoms with E-state index in [1.807, 2.05) is 41.5 Å². The number of ether oxygens (including phenoxy) is 3. The molecule has 1 atom stereocenters. The van der Waals surface area contributed by atoms with Gasteiger partial charge in [0.05, 0.1) is 5.56 Å². The van der Waals surface area contributed by atoms with Crippen molar-refractivity contribution in [1.29, 1.82) is 0 Å². The number of carbonyl (C=O) groups excluding carboxylic acids is 6. The fourth-order valence-corrected chi connectivity index (χ4v) is 10.8. The van der Waals surface area contributed by atoms with Crippen molar-refractivity contribution in [2.45, 2.75) is 98.8 Å². The third kappa shape index (κ3) is 36.8. The van der Waals surface area contributed by atoms with Crippen molar-refractivity contribution in [1.82, 2.24) is 65.7 Å². The molecule has 0 spiro atoms. The molecule has 11 rings (SSSR count). The Bertz CT molecular complexity index is 4480. The molecule has 115 heavy (non-hydrogen) atoms. The van der Waals surface area contributed by atoms with Crippen LogP contribution in [0, 0.1) is 46.9 Å². The van der Waals surface area contributed by atoms with Crippen LogP contribution < -0.4 is 45.9 Å². The number of amides is 5. The molecule has 4 fully saturated rings. The predicted molar refractivity (Wildman–Crippen MR) is 418 cm³/mol. The van der Waals surface area contributed by atoms with Crippen molar-refractivity contribution in [3.05, 3.63) is 168 Å². The third-order valence-electron chi connectivity index (χ3n) is 15.7. The first-order valence-corrected chi connectivity index (χ1v) is 39.8. The van der Waals surface area contributed by atoms with Gasteiger partial charge in [0, 0.05) is 183 Å². The normalized spacial score (nSPS) is 14.3. The average molecular weight is 1810 g/mol. The number of rotatable bonds is 18. The van der Waals surface area contributed by atoms with Gasteiger partial charge in [0.25, 0.3) is 11.8 Å². The second-order valence-electron chi connectivity index (χ2n) is 28.9.